The zero-order valence-electron chi connectivity index (χ0n) is 11.5. The van der Waals surface area contributed by atoms with Crippen LogP contribution in [0.3, 0.4) is 0 Å². The molecule has 1 aromatic heterocycles. The molecule has 2 rings (SSSR count). The smallest absolute Gasteiger partial charge is 0.0738 e. The van der Waals surface area contributed by atoms with Crippen LogP contribution in [-0.2, 0) is 13.0 Å². The molecule has 0 bridgehead atoms. The van der Waals surface area contributed by atoms with E-state index >= 15 is 0 Å². The molecule has 0 aliphatic carbocycles. The Morgan fingerprint density at radius 2 is 2.05 bits per heavy atom. The molecule has 3 N–H and O–H groups in total. The van der Waals surface area contributed by atoms with Crippen LogP contribution in [-0.4, -0.2) is 9.78 Å². The van der Waals surface area contributed by atoms with E-state index in [-0.39, 0.29) is 6.04 Å². The van der Waals surface area contributed by atoms with Crippen LogP contribution in [0, 0.1) is 6.92 Å². The van der Waals surface area contributed by atoms with Gasteiger partial charge in [0.25, 0.3) is 0 Å². The van der Waals surface area contributed by atoms with Crippen molar-refractivity contribution in [1.29, 1.82) is 0 Å². The van der Waals surface area contributed by atoms with E-state index < -0.39 is 0 Å². The van der Waals surface area contributed by atoms with Crippen molar-refractivity contribution in [2.24, 2.45) is 5.84 Å². The van der Waals surface area contributed by atoms with Gasteiger partial charge in [-0.1, -0.05) is 23.7 Å². The van der Waals surface area contributed by atoms with Gasteiger partial charge in [-0.2, -0.15) is 5.10 Å². The number of hydrogen-bond donors (Lipinski definition) is 2. The summed E-state index contributed by atoms with van der Waals surface area (Å²) in [5.74, 6) is 5.71. The topological polar surface area (TPSA) is 55.9 Å². The third-order valence-corrected chi connectivity index (χ3v) is 4.61. The normalized spacial score (nSPS) is 12.7. The fourth-order valence-electron chi connectivity index (χ4n) is 2.23. The molecule has 1 unspecified atom stereocenters. The zero-order valence-corrected chi connectivity index (χ0v) is 13.9. The van der Waals surface area contributed by atoms with E-state index in [1.807, 2.05) is 35.9 Å². The fraction of sp³-hybridized carbons (Fsp3) is 0.357. The quantitative estimate of drug-likeness (QED) is 0.637. The fourth-order valence-corrected chi connectivity index (χ4v) is 2.80. The van der Waals surface area contributed by atoms with Crippen molar-refractivity contribution in [3.05, 3.63) is 50.7 Å². The van der Waals surface area contributed by atoms with E-state index in [4.69, 9.17) is 17.4 Å². The Morgan fingerprint density at radius 3 is 2.60 bits per heavy atom. The molecule has 0 saturated heterocycles. The van der Waals surface area contributed by atoms with Gasteiger partial charge < -0.3 is 0 Å². The zero-order chi connectivity index (χ0) is 14.7. The number of rotatable bonds is 5. The van der Waals surface area contributed by atoms with Gasteiger partial charge in [-0.15, -0.1) is 0 Å². The van der Waals surface area contributed by atoms with E-state index in [1.165, 1.54) is 0 Å². The van der Waals surface area contributed by atoms with Crippen molar-refractivity contribution in [2.75, 3.05) is 0 Å². The predicted molar refractivity (Wildman–Crippen MR) is 85.6 cm³/mol. The Hall–Kier alpha value is -0.880. The lowest BCUT2D eigenvalue weighted by atomic mass is 10.0. The Bertz CT molecular complexity index is 580. The van der Waals surface area contributed by atoms with Crippen LogP contribution in [0.4, 0.5) is 0 Å². The molecule has 4 nitrogen and oxygen atoms in total. The maximum atomic E-state index is 5.92. The number of benzene rings is 1. The summed E-state index contributed by atoms with van der Waals surface area (Å²) in [4.78, 5) is 0. The molecule has 0 fully saturated rings. The van der Waals surface area contributed by atoms with Gasteiger partial charge in [-0.25, -0.2) is 0 Å². The van der Waals surface area contributed by atoms with Gasteiger partial charge in [0.15, 0.2) is 0 Å². The number of nitrogens with two attached hydrogens (primary N) is 1. The third-order valence-electron chi connectivity index (χ3n) is 3.32. The number of hydrogen-bond acceptors (Lipinski definition) is 3. The van der Waals surface area contributed by atoms with E-state index in [9.17, 15) is 0 Å². The highest BCUT2D eigenvalue weighted by Crippen LogP contribution is 2.26. The summed E-state index contributed by atoms with van der Waals surface area (Å²) in [7, 11) is 0. The molecule has 20 heavy (non-hydrogen) atoms. The van der Waals surface area contributed by atoms with Crippen molar-refractivity contribution in [2.45, 2.75) is 32.9 Å². The molecular formula is C14H18BrClN4. The van der Waals surface area contributed by atoms with Gasteiger partial charge >= 0.3 is 0 Å². The van der Waals surface area contributed by atoms with E-state index in [2.05, 4.69) is 33.4 Å². The molecule has 0 radical (unpaired) electrons. The molecular weight excluding hydrogens is 340 g/mol. The van der Waals surface area contributed by atoms with Crippen LogP contribution in [0.5, 0.6) is 0 Å². The summed E-state index contributed by atoms with van der Waals surface area (Å²) in [5.41, 5.74) is 6.11. The summed E-state index contributed by atoms with van der Waals surface area (Å²) in [6.45, 7) is 4.90. The van der Waals surface area contributed by atoms with Gasteiger partial charge in [-0.3, -0.25) is 16.0 Å². The molecule has 1 atom stereocenters. The van der Waals surface area contributed by atoms with Gasteiger partial charge in [0, 0.05) is 18.0 Å². The van der Waals surface area contributed by atoms with Crippen LogP contribution in [0.25, 0.3) is 0 Å². The minimum atomic E-state index is 0.0185. The highest BCUT2D eigenvalue weighted by molar-refractivity contribution is 9.10. The maximum absolute atomic E-state index is 5.92. The Labute approximate surface area is 132 Å². The second-order valence-electron chi connectivity index (χ2n) is 4.64. The second-order valence-corrected chi connectivity index (χ2v) is 5.87. The summed E-state index contributed by atoms with van der Waals surface area (Å²) >= 11 is 9.53. The summed E-state index contributed by atoms with van der Waals surface area (Å²) < 4.78 is 3.05. The summed E-state index contributed by atoms with van der Waals surface area (Å²) in [6.07, 6.45) is 0.757. The minimum absolute atomic E-state index is 0.0185. The van der Waals surface area contributed by atoms with E-state index in [0.29, 0.717) is 0 Å². The predicted octanol–water partition coefficient (Wildman–Crippen LogP) is 3.37. The van der Waals surface area contributed by atoms with Crippen LogP contribution in [0.2, 0.25) is 5.02 Å². The molecule has 1 aromatic carbocycles. The third kappa shape index (κ3) is 3.23. The molecule has 0 aliphatic heterocycles. The lowest BCUT2D eigenvalue weighted by molar-refractivity contribution is 0.516. The van der Waals surface area contributed by atoms with Crippen molar-refractivity contribution in [3.8, 4) is 0 Å². The SMILES string of the molecule is CCn1nc(C)c(Br)c1CC(NN)c1ccc(Cl)cc1. The lowest BCUT2D eigenvalue weighted by Crippen LogP contribution is -2.30. The molecule has 108 valence electrons. The number of nitrogens with zero attached hydrogens (tertiary/aromatic N) is 2. The summed E-state index contributed by atoms with van der Waals surface area (Å²) in [5, 5.41) is 5.23. The Kier molecular flexibility index (Phi) is 5.21. The van der Waals surface area contributed by atoms with Crippen molar-refractivity contribution >= 4 is 27.5 Å². The van der Waals surface area contributed by atoms with Gasteiger partial charge in [0.1, 0.15) is 0 Å². The first-order valence-electron chi connectivity index (χ1n) is 6.50. The van der Waals surface area contributed by atoms with Crippen LogP contribution >= 0.6 is 27.5 Å². The van der Waals surface area contributed by atoms with Crippen LogP contribution < -0.4 is 11.3 Å². The van der Waals surface area contributed by atoms with Gasteiger partial charge in [0.2, 0.25) is 0 Å². The molecule has 1 heterocycles. The molecule has 0 saturated carbocycles. The second kappa shape index (κ2) is 6.72. The number of hydrazine groups is 1. The largest absolute Gasteiger partial charge is 0.271 e. The number of aryl methyl sites for hydroxylation is 2. The van der Waals surface area contributed by atoms with Crippen molar-refractivity contribution < 1.29 is 0 Å². The van der Waals surface area contributed by atoms with E-state index in [0.717, 1.165) is 39.4 Å². The van der Waals surface area contributed by atoms with Crippen LogP contribution in [0.15, 0.2) is 28.7 Å². The molecule has 6 heteroatoms. The van der Waals surface area contributed by atoms with Crippen molar-refractivity contribution in [1.82, 2.24) is 15.2 Å². The van der Waals surface area contributed by atoms with E-state index in [1.54, 1.807) is 0 Å². The summed E-state index contributed by atoms with van der Waals surface area (Å²) in [6, 6.07) is 7.74. The van der Waals surface area contributed by atoms with Crippen LogP contribution in [0.1, 0.15) is 29.9 Å². The van der Waals surface area contributed by atoms with Gasteiger partial charge in [-0.05, 0) is 47.5 Å². The molecule has 0 aliphatic rings. The minimum Gasteiger partial charge on any atom is -0.271 e. The Morgan fingerprint density at radius 1 is 1.40 bits per heavy atom. The molecule has 0 spiro atoms. The maximum Gasteiger partial charge on any atom is 0.0738 e. The number of nitrogens with one attached hydrogen (secondary N) is 1. The van der Waals surface area contributed by atoms with Crippen molar-refractivity contribution in [3.63, 3.8) is 0 Å². The molecule has 2 aromatic rings. The average Bonchev–Trinajstić information content (AvgIpc) is 2.73. The first-order valence-corrected chi connectivity index (χ1v) is 7.67. The average molecular weight is 358 g/mol. The lowest BCUT2D eigenvalue weighted by Gasteiger charge is -2.17. The number of halogens is 2. The highest BCUT2D eigenvalue weighted by atomic mass is 79.9. The molecule has 0 amide bonds. The van der Waals surface area contributed by atoms with Gasteiger partial charge in [0.05, 0.1) is 21.9 Å². The number of aromatic nitrogens is 2. The first kappa shape index (κ1) is 15.5. The first-order chi connectivity index (χ1) is 9.56. The monoisotopic (exact) mass is 356 g/mol. The Balaban J connectivity index is 2.28. The standard InChI is InChI=1S/C14H18BrClN4/c1-3-20-13(14(15)9(2)19-20)8-12(18-17)10-4-6-11(16)7-5-10/h4-7,12,18H,3,8,17H2,1-2H3. The highest BCUT2D eigenvalue weighted by Gasteiger charge is 2.18.